The summed E-state index contributed by atoms with van der Waals surface area (Å²) in [5.41, 5.74) is 8.68. The van der Waals surface area contributed by atoms with Crippen molar-refractivity contribution in [3.8, 4) is 0 Å². The first-order valence-electron chi connectivity index (χ1n) is 6.30. The van der Waals surface area contributed by atoms with Gasteiger partial charge in [0.15, 0.2) is 0 Å². The van der Waals surface area contributed by atoms with Crippen LogP contribution in [0.4, 0.5) is 8.78 Å². The van der Waals surface area contributed by atoms with E-state index in [0.717, 1.165) is 11.6 Å². The van der Waals surface area contributed by atoms with Crippen molar-refractivity contribution in [2.45, 2.75) is 19.3 Å². The molecule has 100 valence electrons. The molecule has 0 spiro atoms. The zero-order valence-corrected chi connectivity index (χ0v) is 10.9. The predicted octanol–water partition coefficient (Wildman–Crippen LogP) is 3.56. The lowest BCUT2D eigenvalue weighted by Crippen LogP contribution is -2.15. The highest BCUT2D eigenvalue weighted by Crippen LogP contribution is 2.21. The van der Waals surface area contributed by atoms with Crippen LogP contribution >= 0.6 is 0 Å². The minimum atomic E-state index is -0.547. The van der Waals surface area contributed by atoms with E-state index < -0.39 is 11.6 Å². The van der Waals surface area contributed by atoms with E-state index in [4.69, 9.17) is 5.73 Å². The van der Waals surface area contributed by atoms with E-state index in [1.165, 1.54) is 17.7 Å². The quantitative estimate of drug-likeness (QED) is 0.894. The number of halogens is 2. The van der Waals surface area contributed by atoms with Gasteiger partial charge < -0.3 is 5.73 Å². The largest absolute Gasteiger partial charge is 0.330 e. The first kappa shape index (κ1) is 13.7. The summed E-state index contributed by atoms with van der Waals surface area (Å²) in [7, 11) is 0. The zero-order valence-electron chi connectivity index (χ0n) is 10.9. The maximum absolute atomic E-state index is 13.2. The Kier molecular flexibility index (Phi) is 4.27. The predicted molar refractivity (Wildman–Crippen MR) is 73.0 cm³/mol. The highest BCUT2D eigenvalue weighted by molar-refractivity contribution is 5.28. The van der Waals surface area contributed by atoms with Crippen molar-refractivity contribution in [2.75, 3.05) is 6.54 Å². The second-order valence-corrected chi connectivity index (χ2v) is 4.83. The van der Waals surface area contributed by atoms with Crippen molar-refractivity contribution in [1.82, 2.24) is 0 Å². The fourth-order valence-electron chi connectivity index (χ4n) is 2.19. The molecule has 19 heavy (non-hydrogen) atoms. The maximum Gasteiger partial charge on any atom is 0.126 e. The van der Waals surface area contributed by atoms with Gasteiger partial charge in [-0.2, -0.15) is 0 Å². The van der Waals surface area contributed by atoms with Gasteiger partial charge in [0.05, 0.1) is 0 Å². The summed E-state index contributed by atoms with van der Waals surface area (Å²) in [6.07, 6.45) is 0.536. The highest BCUT2D eigenvalue weighted by Gasteiger charge is 2.12. The Balaban J connectivity index is 2.21. The molecular formula is C16H17F2N. The van der Waals surface area contributed by atoms with Gasteiger partial charge in [-0.15, -0.1) is 0 Å². The van der Waals surface area contributed by atoms with Gasteiger partial charge in [-0.05, 0) is 43.1 Å². The summed E-state index contributed by atoms with van der Waals surface area (Å²) < 4.78 is 26.3. The van der Waals surface area contributed by atoms with E-state index >= 15 is 0 Å². The molecule has 0 saturated carbocycles. The van der Waals surface area contributed by atoms with Crippen molar-refractivity contribution in [2.24, 2.45) is 5.73 Å². The molecule has 0 heterocycles. The van der Waals surface area contributed by atoms with Crippen molar-refractivity contribution >= 4 is 0 Å². The minimum absolute atomic E-state index is 0.0711. The SMILES string of the molecule is Cc1ccc(C(CN)Cc2cc(F)cc(F)c2)cc1. The summed E-state index contributed by atoms with van der Waals surface area (Å²) in [4.78, 5) is 0. The van der Waals surface area contributed by atoms with E-state index in [1.807, 2.05) is 31.2 Å². The number of hydrogen-bond acceptors (Lipinski definition) is 1. The number of benzene rings is 2. The molecule has 3 heteroatoms. The highest BCUT2D eigenvalue weighted by atomic mass is 19.1. The first-order chi connectivity index (χ1) is 9.08. The molecule has 0 bridgehead atoms. The van der Waals surface area contributed by atoms with Crippen LogP contribution in [0.3, 0.4) is 0 Å². The standard InChI is InChI=1S/C16H17F2N/c1-11-2-4-13(5-3-11)14(10-19)6-12-7-15(17)9-16(18)8-12/h2-5,7-9,14H,6,10,19H2,1H3. The minimum Gasteiger partial charge on any atom is -0.330 e. The average Bonchev–Trinajstić information content (AvgIpc) is 2.36. The fourth-order valence-corrected chi connectivity index (χ4v) is 2.19. The van der Waals surface area contributed by atoms with Crippen LogP contribution in [0.5, 0.6) is 0 Å². The zero-order chi connectivity index (χ0) is 13.8. The Morgan fingerprint density at radius 2 is 1.58 bits per heavy atom. The van der Waals surface area contributed by atoms with Gasteiger partial charge in [0.1, 0.15) is 11.6 Å². The second-order valence-electron chi connectivity index (χ2n) is 4.83. The summed E-state index contributed by atoms with van der Waals surface area (Å²) in [5, 5.41) is 0. The van der Waals surface area contributed by atoms with E-state index in [-0.39, 0.29) is 5.92 Å². The summed E-state index contributed by atoms with van der Waals surface area (Å²) in [6, 6.07) is 11.7. The topological polar surface area (TPSA) is 26.0 Å². The van der Waals surface area contributed by atoms with Gasteiger partial charge in [0.2, 0.25) is 0 Å². The first-order valence-corrected chi connectivity index (χ1v) is 6.30. The Labute approximate surface area is 112 Å². The van der Waals surface area contributed by atoms with Crippen LogP contribution in [0.1, 0.15) is 22.6 Å². The molecule has 0 amide bonds. The van der Waals surface area contributed by atoms with E-state index in [0.29, 0.717) is 18.5 Å². The Morgan fingerprint density at radius 1 is 1.00 bits per heavy atom. The third kappa shape index (κ3) is 3.61. The molecule has 0 aliphatic carbocycles. The van der Waals surface area contributed by atoms with Crippen molar-refractivity contribution in [3.63, 3.8) is 0 Å². The maximum atomic E-state index is 13.2. The number of aryl methyl sites for hydroxylation is 1. The van der Waals surface area contributed by atoms with E-state index in [9.17, 15) is 8.78 Å². The van der Waals surface area contributed by atoms with Crippen LogP contribution in [-0.2, 0) is 6.42 Å². The molecule has 0 saturated heterocycles. The Hall–Kier alpha value is -1.74. The molecule has 1 nitrogen and oxygen atoms in total. The third-order valence-corrected chi connectivity index (χ3v) is 3.24. The molecule has 0 aliphatic rings. The number of nitrogens with two attached hydrogens (primary N) is 1. The van der Waals surface area contributed by atoms with Gasteiger partial charge in [-0.1, -0.05) is 29.8 Å². The van der Waals surface area contributed by atoms with Crippen LogP contribution in [0.15, 0.2) is 42.5 Å². The lowest BCUT2D eigenvalue weighted by molar-refractivity contribution is 0.575. The fraction of sp³-hybridized carbons (Fsp3) is 0.250. The summed E-state index contributed by atoms with van der Waals surface area (Å²) in [6.45, 7) is 2.46. The molecule has 0 aromatic heterocycles. The molecule has 2 aromatic carbocycles. The Morgan fingerprint density at radius 3 is 2.11 bits per heavy atom. The molecule has 0 radical (unpaired) electrons. The average molecular weight is 261 g/mol. The van der Waals surface area contributed by atoms with Crippen LogP contribution in [0, 0.1) is 18.6 Å². The lowest BCUT2D eigenvalue weighted by atomic mass is 9.91. The van der Waals surface area contributed by atoms with Crippen molar-refractivity contribution < 1.29 is 8.78 Å². The number of rotatable bonds is 4. The third-order valence-electron chi connectivity index (χ3n) is 3.24. The van der Waals surface area contributed by atoms with Gasteiger partial charge in [0, 0.05) is 12.0 Å². The molecule has 2 aromatic rings. The van der Waals surface area contributed by atoms with Crippen LogP contribution in [-0.4, -0.2) is 6.54 Å². The van der Waals surface area contributed by atoms with Crippen LogP contribution in [0.2, 0.25) is 0 Å². The van der Waals surface area contributed by atoms with E-state index in [1.54, 1.807) is 0 Å². The second kappa shape index (κ2) is 5.93. The lowest BCUT2D eigenvalue weighted by Gasteiger charge is -2.15. The molecular weight excluding hydrogens is 244 g/mol. The van der Waals surface area contributed by atoms with Crippen LogP contribution < -0.4 is 5.73 Å². The normalized spacial score (nSPS) is 12.4. The molecule has 2 rings (SSSR count). The molecule has 2 N–H and O–H groups in total. The van der Waals surface area contributed by atoms with Crippen LogP contribution in [0.25, 0.3) is 0 Å². The summed E-state index contributed by atoms with van der Waals surface area (Å²) in [5.74, 6) is -1.02. The van der Waals surface area contributed by atoms with E-state index in [2.05, 4.69) is 0 Å². The molecule has 0 aliphatic heterocycles. The smallest absolute Gasteiger partial charge is 0.126 e. The number of hydrogen-bond donors (Lipinski definition) is 1. The van der Waals surface area contributed by atoms with Gasteiger partial charge in [-0.3, -0.25) is 0 Å². The van der Waals surface area contributed by atoms with Crippen molar-refractivity contribution in [3.05, 3.63) is 70.8 Å². The molecule has 0 fully saturated rings. The monoisotopic (exact) mass is 261 g/mol. The van der Waals surface area contributed by atoms with Gasteiger partial charge in [-0.25, -0.2) is 8.78 Å². The Bertz CT molecular complexity index is 529. The summed E-state index contributed by atoms with van der Waals surface area (Å²) >= 11 is 0. The van der Waals surface area contributed by atoms with Gasteiger partial charge >= 0.3 is 0 Å². The molecule has 1 unspecified atom stereocenters. The molecule has 1 atom stereocenters. The van der Waals surface area contributed by atoms with Gasteiger partial charge in [0.25, 0.3) is 0 Å². The van der Waals surface area contributed by atoms with Crippen molar-refractivity contribution in [1.29, 1.82) is 0 Å².